The monoisotopic (exact) mass is 161 g/mol. The van der Waals surface area contributed by atoms with Gasteiger partial charge >= 0.3 is 24.9 Å². The molecule has 0 saturated carbocycles. The Kier molecular flexibility index (Phi) is 4.49. The molecule has 0 rings (SSSR count). The van der Waals surface area contributed by atoms with Crippen molar-refractivity contribution >= 4 is 7.82 Å². The fraction of sp³-hybridized carbons (Fsp3) is 0. The second-order valence-electron chi connectivity index (χ2n) is 0.513. The second kappa shape index (κ2) is 2.75. The van der Waals surface area contributed by atoms with Crippen LogP contribution in [-0.2, 0) is 21.6 Å². The van der Waals surface area contributed by atoms with Crippen molar-refractivity contribution in [3.63, 3.8) is 0 Å². The average Bonchev–Trinajstić information content (AvgIpc) is 0.722. The molecule has 0 aromatic rings. The van der Waals surface area contributed by atoms with Crippen molar-refractivity contribution in [3.05, 3.63) is 0 Å². The minimum absolute atomic E-state index is 0. The Labute approximate surface area is 44.9 Å². The van der Waals surface area contributed by atoms with Crippen LogP contribution in [-0.4, -0.2) is 14.7 Å². The summed E-state index contributed by atoms with van der Waals surface area (Å²) in [5.74, 6) is 0. The van der Waals surface area contributed by atoms with Gasteiger partial charge in [0, 0.05) is 0 Å². The number of hydrogen-bond donors (Lipinski definition) is 3. The molecule has 0 spiro atoms. The van der Waals surface area contributed by atoms with E-state index in [2.05, 4.69) is 0 Å². The summed E-state index contributed by atoms with van der Waals surface area (Å²) in [6, 6.07) is 0. The first-order valence-corrected chi connectivity index (χ1v) is 2.35. The fourth-order valence-corrected chi connectivity index (χ4v) is 0. The largest absolute Gasteiger partial charge is 2.00 e. The molecule has 0 aliphatic carbocycles. The molecule has 41 valence electrons. The van der Waals surface area contributed by atoms with E-state index in [0.29, 0.717) is 0 Å². The molecule has 0 aliphatic rings. The Morgan fingerprint density at radius 1 is 1.17 bits per heavy atom. The van der Waals surface area contributed by atoms with E-state index in [-0.39, 0.29) is 17.1 Å². The summed E-state index contributed by atoms with van der Waals surface area (Å²) in [5, 5.41) is 0. The Morgan fingerprint density at radius 3 is 1.17 bits per heavy atom. The third kappa shape index (κ3) is 154. The van der Waals surface area contributed by atoms with Crippen LogP contribution in [0.3, 0.4) is 0 Å². The van der Waals surface area contributed by atoms with Crippen molar-refractivity contribution in [1.82, 2.24) is 0 Å². The molecule has 0 unspecified atom stereocenters. The van der Waals surface area contributed by atoms with Gasteiger partial charge in [-0.25, -0.2) is 4.57 Å². The van der Waals surface area contributed by atoms with Gasteiger partial charge in [0.2, 0.25) is 0 Å². The number of hydrogen-bond acceptors (Lipinski definition) is 1. The summed E-state index contributed by atoms with van der Waals surface area (Å²) in [7, 11) is -4.64. The van der Waals surface area contributed by atoms with Gasteiger partial charge in [0.1, 0.15) is 0 Å². The molecule has 0 amide bonds. The third-order valence-electron chi connectivity index (χ3n) is 0. The van der Waals surface area contributed by atoms with Gasteiger partial charge in [0.05, 0.1) is 0 Å². The molecule has 3 N–H and O–H groups in total. The SMILES string of the molecule is O=P(O)(O)O.[Cu+2]. The van der Waals surface area contributed by atoms with Crippen LogP contribution in [0.15, 0.2) is 0 Å². The Balaban J connectivity index is 0. The number of rotatable bonds is 0. The second-order valence-corrected chi connectivity index (χ2v) is 1.54. The maximum Gasteiger partial charge on any atom is 2.00 e. The summed E-state index contributed by atoms with van der Waals surface area (Å²) >= 11 is 0. The summed E-state index contributed by atoms with van der Waals surface area (Å²) in [6.07, 6.45) is 0. The number of phosphoric acid groups is 1. The van der Waals surface area contributed by atoms with Crippen molar-refractivity contribution in [3.8, 4) is 0 Å². The molecular formula is H3CuO4P+2. The van der Waals surface area contributed by atoms with Gasteiger partial charge in [-0.1, -0.05) is 0 Å². The quantitative estimate of drug-likeness (QED) is 0.317. The Hall–Kier alpha value is 0.629. The molecule has 0 aromatic carbocycles. The van der Waals surface area contributed by atoms with Gasteiger partial charge in [-0.3, -0.25) is 0 Å². The normalized spacial score (nSPS) is 9.83. The van der Waals surface area contributed by atoms with Gasteiger partial charge in [-0.05, 0) is 0 Å². The van der Waals surface area contributed by atoms with Gasteiger partial charge < -0.3 is 14.7 Å². The minimum atomic E-state index is -4.64. The first-order chi connectivity index (χ1) is 2.00. The molecular weight excluding hydrogens is 159 g/mol. The van der Waals surface area contributed by atoms with E-state index in [1.165, 1.54) is 0 Å². The van der Waals surface area contributed by atoms with E-state index in [9.17, 15) is 0 Å². The zero-order valence-electron chi connectivity index (χ0n) is 2.50. The van der Waals surface area contributed by atoms with E-state index in [1.54, 1.807) is 0 Å². The smallest absolute Gasteiger partial charge is 0.303 e. The molecule has 6 heavy (non-hydrogen) atoms. The molecule has 6 heteroatoms. The van der Waals surface area contributed by atoms with Crippen LogP contribution in [0.1, 0.15) is 0 Å². The average molecular weight is 162 g/mol. The maximum atomic E-state index is 8.88. The summed E-state index contributed by atoms with van der Waals surface area (Å²) in [4.78, 5) is 21.6. The maximum absolute atomic E-state index is 8.88. The minimum Gasteiger partial charge on any atom is -0.303 e. The van der Waals surface area contributed by atoms with Gasteiger partial charge in [-0.15, -0.1) is 0 Å². The fourth-order valence-electron chi connectivity index (χ4n) is 0. The molecule has 0 aliphatic heterocycles. The predicted molar refractivity (Wildman–Crippen MR) is 14.3 cm³/mol. The molecule has 1 radical (unpaired) electrons. The summed E-state index contributed by atoms with van der Waals surface area (Å²) in [5.41, 5.74) is 0. The van der Waals surface area contributed by atoms with Crippen molar-refractivity contribution in [1.29, 1.82) is 0 Å². The molecule has 0 aromatic heterocycles. The van der Waals surface area contributed by atoms with Crippen molar-refractivity contribution in [2.24, 2.45) is 0 Å². The predicted octanol–water partition coefficient (Wildman–Crippen LogP) is -0.931. The van der Waals surface area contributed by atoms with Gasteiger partial charge in [-0.2, -0.15) is 0 Å². The first-order valence-electron chi connectivity index (χ1n) is 0.783. The van der Waals surface area contributed by atoms with Gasteiger partial charge in [0.25, 0.3) is 0 Å². The zero-order chi connectivity index (χ0) is 4.50. The van der Waals surface area contributed by atoms with Crippen LogP contribution < -0.4 is 0 Å². The third-order valence-corrected chi connectivity index (χ3v) is 0. The first kappa shape index (κ1) is 9.80. The van der Waals surface area contributed by atoms with E-state index in [1.807, 2.05) is 0 Å². The van der Waals surface area contributed by atoms with Crippen molar-refractivity contribution in [2.75, 3.05) is 0 Å². The van der Waals surface area contributed by atoms with Crippen LogP contribution in [0.25, 0.3) is 0 Å². The van der Waals surface area contributed by atoms with Gasteiger partial charge in [0.15, 0.2) is 0 Å². The molecule has 0 fully saturated rings. The van der Waals surface area contributed by atoms with Crippen LogP contribution >= 0.6 is 7.82 Å². The van der Waals surface area contributed by atoms with Crippen molar-refractivity contribution < 1.29 is 36.3 Å². The molecule has 4 nitrogen and oxygen atoms in total. The van der Waals surface area contributed by atoms with Crippen LogP contribution in [0.2, 0.25) is 0 Å². The summed E-state index contributed by atoms with van der Waals surface area (Å²) in [6.45, 7) is 0. The molecule has 0 saturated heterocycles. The van der Waals surface area contributed by atoms with Crippen LogP contribution in [0.5, 0.6) is 0 Å². The molecule has 0 heterocycles. The Bertz CT molecular complexity index is 53.7. The summed E-state index contributed by atoms with van der Waals surface area (Å²) < 4.78 is 8.88. The van der Waals surface area contributed by atoms with E-state index in [4.69, 9.17) is 19.2 Å². The Morgan fingerprint density at radius 2 is 1.17 bits per heavy atom. The van der Waals surface area contributed by atoms with Crippen molar-refractivity contribution in [2.45, 2.75) is 0 Å². The van der Waals surface area contributed by atoms with Crippen LogP contribution in [0.4, 0.5) is 0 Å². The van der Waals surface area contributed by atoms with Crippen LogP contribution in [0, 0.1) is 0 Å². The van der Waals surface area contributed by atoms with E-state index in [0.717, 1.165) is 0 Å². The van der Waals surface area contributed by atoms with E-state index < -0.39 is 7.82 Å². The topological polar surface area (TPSA) is 77.8 Å². The standard InChI is InChI=1S/Cu.H3O4P/c;1-5(2,3)4/h;(H3,1,2,3,4)/q+2;. The zero-order valence-corrected chi connectivity index (χ0v) is 4.33. The molecule has 0 bridgehead atoms. The molecule has 0 atom stereocenters. The van der Waals surface area contributed by atoms with E-state index >= 15 is 0 Å².